The first-order chi connectivity index (χ1) is 11.6. The van der Waals surface area contributed by atoms with Gasteiger partial charge in [-0.1, -0.05) is 0 Å². The van der Waals surface area contributed by atoms with Crippen molar-refractivity contribution in [3.05, 3.63) is 48.3 Å². The number of piperazine rings is 1. The van der Waals surface area contributed by atoms with Crippen molar-refractivity contribution >= 4 is 11.9 Å². The smallest absolute Gasteiger partial charge is 0.387 e. The number of nitrogens with zero attached hydrogens (tertiary/aromatic N) is 4. The number of hydrogen-bond donors (Lipinski definition) is 0. The molecule has 0 aliphatic carbocycles. The molecule has 1 aliphatic rings. The minimum atomic E-state index is -2.88. The molecule has 0 atom stereocenters. The van der Waals surface area contributed by atoms with Crippen LogP contribution in [-0.4, -0.2) is 53.6 Å². The Morgan fingerprint density at radius 2 is 1.67 bits per heavy atom. The summed E-state index contributed by atoms with van der Waals surface area (Å²) in [5.74, 6) is 0.554. The Morgan fingerprint density at radius 3 is 2.25 bits per heavy atom. The van der Waals surface area contributed by atoms with Crippen molar-refractivity contribution in [1.29, 1.82) is 0 Å². The van der Waals surface area contributed by atoms with Gasteiger partial charge in [-0.2, -0.15) is 8.78 Å². The molecule has 1 fully saturated rings. The van der Waals surface area contributed by atoms with Crippen molar-refractivity contribution < 1.29 is 18.3 Å². The van der Waals surface area contributed by atoms with Gasteiger partial charge in [-0.15, -0.1) is 0 Å². The number of amides is 1. The van der Waals surface area contributed by atoms with Gasteiger partial charge in [0.25, 0.3) is 5.91 Å². The first-order valence-corrected chi connectivity index (χ1v) is 7.49. The van der Waals surface area contributed by atoms with Crippen LogP contribution in [0.25, 0.3) is 0 Å². The lowest BCUT2D eigenvalue weighted by molar-refractivity contribution is -0.0498. The molecule has 6 nitrogen and oxygen atoms in total. The third kappa shape index (κ3) is 3.76. The van der Waals surface area contributed by atoms with Gasteiger partial charge in [0.05, 0.1) is 0 Å². The van der Waals surface area contributed by atoms with Crippen molar-refractivity contribution in [2.24, 2.45) is 0 Å². The van der Waals surface area contributed by atoms with Gasteiger partial charge >= 0.3 is 6.61 Å². The number of carbonyl (C=O) groups excluding carboxylic acids is 1. The van der Waals surface area contributed by atoms with E-state index >= 15 is 0 Å². The second-order valence-corrected chi connectivity index (χ2v) is 5.23. The summed E-state index contributed by atoms with van der Waals surface area (Å²) in [4.78, 5) is 24.6. The third-order valence-corrected chi connectivity index (χ3v) is 3.73. The highest BCUT2D eigenvalue weighted by molar-refractivity contribution is 5.94. The molecule has 2 aromatic rings. The maximum Gasteiger partial charge on any atom is 0.387 e. The molecule has 126 valence electrons. The van der Waals surface area contributed by atoms with Crippen molar-refractivity contribution in [2.45, 2.75) is 6.61 Å². The van der Waals surface area contributed by atoms with Gasteiger partial charge in [0.2, 0.25) is 5.95 Å². The van der Waals surface area contributed by atoms with Crippen LogP contribution in [0.1, 0.15) is 10.4 Å². The van der Waals surface area contributed by atoms with E-state index in [9.17, 15) is 13.6 Å². The molecule has 0 radical (unpaired) electrons. The van der Waals surface area contributed by atoms with Gasteiger partial charge in [0.15, 0.2) is 0 Å². The Kier molecular flexibility index (Phi) is 4.83. The lowest BCUT2D eigenvalue weighted by atomic mass is 10.1. The summed E-state index contributed by atoms with van der Waals surface area (Å²) in [6, 6.07) is 7.48. The molecule has 1 aliphatic heterocycles. The fourth-order valence-electron chi connectivity index (χ4n) is 2.53. The molecular formula is C16H16F2N4O2. The monoisotopic (exact) mass is 334 g/mol. The molecular weight excluding hydrogens is 318 g/mol. The first-order valence-electron chi connectivity index (χ1n) is 7.49. The zero-order valence-electron chi connectivity index (χ0n) is 12.8. The number of benzene rings is 1. The van der Waals surface area contributed by atoms with E-state index in [1.165, 1.54) is 24.3 Å². The predicted molar refractivity (Wildman–Crippen MR) is 83.2 cm³/mol. The highest BCUT2D eigenvalue weighted by atomic mass is 19.3. The molecule has 0 bridgehead atoms. The average molecular weight is 334 g/mol. The number of rotatable bonds is 4. The largest absolute Gasteiger partial charge is 0.435 e. The van der Waals surface area contributed by atoms with Crippen LogP contribution >= 0.6 is 0 Å². The summed E-state index contributed by atoms with van der Waals surface area (Å²) in [6.07, 6.45) is 3.37. The number of halogens is 2. The maximum absolute atomic E-state index is 12.5. The van der Waals surface area contributed by atoms with E-state index in [1.54, 1.807) is 23.4 Å². The summed E-state index contributed by atoms with van der Waals surface area (Å²) in [6.45, 7) is -0.497. The van der Waals surface area contributed by atoms with Gasteiger partial charge in [-0.05, 0) is 30.3 Å². The number of ether oxygens (including phenoxy) is 1. The van der Waals surface area contributed by atoms with Crippen molar-refractivity contribution in [3.63, 3.8) is 0 Å². The van der Waals surface area contributed by atoms with Crippen LogP contribution in [0.15, 0.2) is 42.7 Å². The number of carbonyl (C=O) groups is 1. The van der Waals surface area contributed by atoms with Gasteiger partial charge in [0.1, 0.15) is 5.75 Å². The number of alkyl halides is 2. The Balaban J connectivity index is 1.59. The Morgan fingerprint density at radius 1 is 1.04 bits per heavy atom. The standard InChI is InChI=1S/C16H16F2N4O2/c17-15(18)24-13-4-2-12(3-5-13)14(23)21-8-10-22(11-9-21)16-19-6-1-7-20-16/h1-7,15H,8-11H2. The molecule has 1 aromatic carbocycles. The van der Waals surface area contributed by atoms with E-state index < -0.39 is 6.61 Å². The summed E-state index contributed by atoms with van der Waals surface area (Å²) < 4.78 is 28.5. The predicted octanol–water partition coefficient (Wildman–Crippen LogP) is 2.04. The number of hydrogen-bond acceptors (Lipinski definition) is 5. The maximum atomic E-state index is 12.5. The van der Waals surface area contributed by atoms with Crippen LogP contribution in [-0.2, 0) is 0 Å². The fraction of sp³-hybridized carbons (Fsp3) is 0.312. The highest BCUT2D eigenvalue weighted by Gasteiger charge is 2.23. The van der Waals surface area contributed by atoms with Crippen molar-refractivity contribution in [2.75, 3.05) is 31.1 Å². The van der Waals surface area contributed by atoms with Crippen LogP contribution < -0.4 is 9.64 Å². The van der Waals surface area contributed by atoms with Gasteiger partial charge in [0, 0.05) is 44.1 Å². The van der Waals surface area contributed by atoms with Crippen LogP contribution in [0.2, 0.25) is 0 Å². The number of aromatic nitrogens is 2. The van der Waals surface area contributed by atoms with E-state index in [4.69, 9.17) is 0 Å². The van der Waals surface area contributed by atoms with E-state index in [-0.39, 0.29) is 11.7 Å². The van der Waals surface area contributed by atoms with Gasteiger partial charge in [-0.25, -0.2) is 9.97 Å². The van der Waals surface area contributed by atoms with Crippen LogP contribution in [0.4, 0.5) is 14.7 Å². The zero-order valence-corrected chi connectivity index (χ0v) is 12.8. The van der Waals surface area contributed by atoms with Crippen LogP contribution in [0.5, 0.6) is 5.75 Å². The van der Waals surface area contributed by atoms with E-state index in [2.05, 4.69) is 14.7 Å². The van der Waals surface area contributed by atoms with Crippen molar-refractivity contribution in [1.82, 2.24) is 14.9 Å². The summed E-state index contributed by atoms with van der Waals surface area (Å²) in [5, 5.41) is 0. The summed E-state index contributed by atoms with van der Waals surface area (Å²) in [5.41, 5.74) is 0.445. The lowest BCUT2D eigenvalue weighted by Crippen LogP contribution is -2.49. The lowest BCUT2D eigenvalue weighted by Gasteiger charge is -2.34. The second-order valence-electron chi connectivity index (χ2n) is 5.23. The van der Waals surface area contributed by atoms with Crippen molar-refractivity contribution in [3.8, 4) is 5.75 Å². The molecule has 1 aromatic heterocycles. The molecule has 24 heavy (non-hydrogen) atoms. The highest BCUT2D eigenvalue weighted by Crippen LogP contribution is 2.17. The SMILES string of the molecule is O=C(c1ccc(OC(F)F)cc1)N1CCN(c2ncccn2)CC1. The first kappa shape index (κ1) is 16.1. The molecule has 0 unspecified atom stereocenters. The quantitative estimate of drug-likeness (QED) is 0.856. The molecule has 1 amide bonds. The van der Waals surface area contributed by atoms with E-state index in [1.807, 2.05) is 4.90 Å². The summed E-state index contributed by atoms with van der Waals surface area (Å²) >= 11 is 0. The molecule has 3 rings (SSSR count). The van der Waals surface area contributed by atoms with Crippen LogP contribution in [0, 0.1) is 0 Å². The fourth-order valence-corrected chi connectivity index (χ4v) is 2.53. The topological polar surface area (TPSA) is 58.6 Å². The Bertz CT molecular complexity index is 674. The average Bonchev–Trinajstić information content (AvgIpc) is 2.62. The molecule has 0 saturated carbocycles. The number of anilines is 1. The molecule has 0 spiro atoms. The minimum Gasteiger partial charge on any atom is -0.435 e. The Hall–Kier alpha value is -2.77. The molecule has 8 heteroatoms. The Labute approximate surface area is 137 Å². The second kappa shape index (κ2) is 7.20. The summed E-state index contributed by atoms with van der Waals surface area (Å²) in [7, 11) is 0. The normalized spacial score (nSPS) is 14.8. The minimum absolute atomic E-state index is 0.0348. The third-order valence-electron chi connectivity index (χ3n) is 3.73. The molecule has 2 heterocycles. The molecule has 1 saturated heterocycles. The van der Waals surface area contributed by atoms with Gasteiger partial charge < -0.3 is 14.5 Å². The van der Waals surface area contributed by atoms with Crippen LogP contribution in [0.3, 0.4) is 0 Å². The van der Waals surface area contributed by atoms with Gasteiger partial charge in [-0.3, -0.25) is 4.79 Å². The zero-order chi connectivity index (χ0) is 16.9. The molecule has 0 N–H and O–H groups in total. The van der Waals surface area contributed by atoms with E-state index in [0.29, 0.717) is 37.7 Å². The van der Waals surface area contributed by atoms with E-state index in [0.717, 1.165) is 0 Å².